The fourth-order valence-corrected chi connectivity index (χ4v) is 1.37. The molecule has 0 unspecified atom stereocenters. The molecule has 0 fully saturated rings. The molecule has 0 saturated heterocycles. The molecule has 1 rings (SSSR count). The molecular weight excluding hydrogens is 264 g/mol. The van der Waals surface area contributed by atoms with Crippen LogP contribution in [0, 0.1) is 10.1 Å². The van der Waals surface area contributed by atoms with Gasteiger partial charge in [-0.25, -0.2) is 9.78 Å². The molecule has 8 nitrogen and oxygen atoms in total. The molecule has 1 atom stereocenters. The molecule has 0 bridgehead atoms. The summed E-state index contributed by atoms with van der Waals surface area (Å²) in [5, 5.41) is 10.7. The van der Waals surface area contributed by atoms with Crippen molar-refractivity contribution in [2.75, 3.05) is 19.1 Å². The van der Waals surface area contributed by atoms with Gasteiger partial charge in [-0.1, -0.05) is 0 Å². The monoisotopic (exact) mass is 274 g/mol. The summed E-state index contributed by atoms with van der Waals surface area (Å²) in [6, 6.07) is -0.736. The van der Waals surface area contributed by atoms with E-state index >= 15 is 0 Å². The Labute approximate surface area is 108 Å². The number of ether oxygens (including phenoxy) is 1. The van der Waals surface area contributed by atoms with Gasteiger partial charge in [0.15, 0.2) is 0 Å². The molecular formula is C9H11ClN4O4. The minimum Gasteiger partial charge on any atom is -0.467 e. The Hall–Kier alpha value is -1.96. The van der Waals surface area contributed by atoms with Gasteiger partial charge in [0.2, 0.25) is 11.1 Å². The highest BCUT2D eigenvalue weighted by molar-refractivity contribution is 6.28. The lowest BCUT2D eigenvalue weighted by Gasteiger charge is -2.23. The first kappa shape index (κ1) is 14.1. The van der Waals surface area contributed by atoms with Crippen LogP contribution >= 0.6 is 11.6 Å². The predicted octanol–water partition coefficient (Wildman–Crippen LogP) is 1.04. The van der Waals surface area contributed by atoms with Crippen molar-refractivity contribution in [3.05, 3.63) is 21.6 Å². The van der Waals surface area contributed by atoms with Gasteiger partial charge in [-0.15, -0.1) is 0 Å². The van der Waals surface area contributed by atoms with Crippen LogP contribution in [0.15, 0.2) is 6.20 Å². The molecule has 9 heteroatoms. The summed E-state index contributed by atoms with van der Waals surface area (Å²) in [5.41, 5.74) is -0.336. The second-order valence-corrected chi connectivity index (χ2v) is 3.75. The maximum atomic E-state index is 11.4. The van der Waals surface area contributed by atoms with Crippen molar-refractivity contribution in [2.24, 2.45) is 0 Å². The van der Waals surface area contributed by atoms with Crippen LogP contribution in [0.4, 0.5) is 11.5 Å². The van der Waals surface area contributed by atoms with Crippen LogP contribution in [0.25, 0.3) is 0 Å². The first-order valence-corrected chi connectivity index (χ1v) is 5.23. The average Bonchev–Trinajstić information content (AvgIpc) is 2.35. The number of carbonyl (C=O) groups is 1. The van der Waals surface area contributed by atoms with E-state index in [9.17, 15) is 14.9 Å². The molecule has 0 aliphatic heterocycles. The molecule has 1 aromatic rings. The van der Waals surface area contributed by atoms with Gasteiger partial charge < -0.3 is 9.64 Å². The number of likely N-dealkylation sites (N-methyl/N-ethyl adjacent to an activating group) is 1. The fourth-order valence-electron chi connectivity index (χ4n) is 1.25. The molecule has 98 valence electrons. The van der Waals surface area contributed by atoms with Gasteiger partial charge in [-0.05, 0) is 18.5 Å². The summed E-state index contributed by atoms with van der Waals surface area (Å²) >= 11 is 5.60. The standard InChI is InChI=1S/C9H11ClN4O4/c1-5(8(15)18-3)13(2)7-6(14(16)17)4-11-9(10)12-7/h4-5H,1-3H3/t5-/m1/s1. The number of carbonyl (C=O) groups excluding carboxylic acids is 1. The number of methoxy groups -OCH3 is 1. The van der Waals surface area contributed by atoms with Gasteiger partial charge in [-0.3, -0.25) is 10.1 Å². The van der Waals surface area contributed by atoms with Gasteiger partial charge >= 0.3 is 11.7 Å². The molecule has 1 heterocycles. The number of nitro groups is 1. The quantitative estimate of drug-likeness (QED) is 0.350. The average molecular weight is 275 g/mol. The van der Waals surface area contributed by atoms with Gasteiger partial charge in [0.1, 0.15) is 12.2 Å². The summed E-state index contributed by atoms with van der Waals surface area (Å²) in [6.45, 7) is 1.53. The van der Waals surface area contributed by atoms with E-state index in [1.54, 1.807) is 0 Å². The van der Waals surface area contributed by atoms with Crippen LogP contribution in [0.1, 0.15) is 6.92 Å². The van der Waals surface area contributed by atoms with Gasteiger partial charge in [0.25, 0.3) is 0 Å². The number of rotatable bonds is 4. The van der Waals surface area contributed by atoms with Crippen molar-refractivity contribution >= 4 is 29.1 Å². The molecule has 0 saturated carbocycles. The van der Waals surface area contributed by atoms with E-state index < -0.39 is 16.9 Å². The third kappa shape index (κ3) is 2.83. The third-order valence-corrected chi connectivity index (χ3v) is 2.56. The Morgan fingerprint density at radius 2 is 2.28 bits per heavy atom. The number of aromatic nitrogens is 2. The van der Waals surface area contributed by atoms with Crippen LogP contribution in [-0.4, -0.2) is 41.1 Å². The van der Waals surface area contributed by atoms with Crippen LogP contribution < -0.4 is 4.90 Å². The van der Waals surface area contributed by atoms with Gasteiger partial charge in [-0.2, -0.15) is 4.98 Å². The smallest absolute Gasteiger partial charge is 0.329 e. The lowest BCUT2D eigenvalue weighted by atomic mass is 10.3. The summed E-state index contributed by atoms with van der Waals surface area (Å²) in [4.78, 5) is 30.2. The number of nitrogens with zero attached hydrogens (tertiary/aromatic N) is 4. The zero-order chi connectivity index (χ0) is 13.9. The molecule has 0 spiro atoms. The summed E-state index contributed by atoms with van der Waals surface area (Å²) < 4.78 is 4.56. The SMILES string of the molecule is COC(=O)[C@@H](C)N(C)c1nc(Cl)ncc1[N+](=O)[O-]. The molecule has 0 aliphatic rings. The second kappa shape index (κ2) is 5.58. The Morgan fingerprint density at radius 1 is 1.67 bits per heavy atom. The summed E-state index contributed by atoms with van der Waals surface area (Å²) in [5.74, 6) is -0.584. The first-order valence-electron chi connectivity index (χ1n) is 4.86. The van der Waals surface area contributed by atoms with E-state index in [-0.39, 0.29) is 16.8 Å². The van der Waals surface area contributed by atoms with E-state index in [1.165, 1.54) is 26.0 Å². The largest absolute Gasteiger partial charge is 0.467 e. The van der Waals surface area contributed by atoms with Gasteiger partial charge in [0.05, 0.1) is 12.0 Å². The predicted molar refractivity (Wildman–Crippen MR) is 63.6 cm³/mol. The Balaban J connectivity index is 3.18. The van der Waals surface area contributed by atoms with E-state index in [2.05, 4.69) is 14.7 Å². The number of halogens is 1. The maximum Gasteiger partial charge on any atom is 0.329 e. The molecule has 18 heavy (non-hydrogen) atoms. The zero-order valence-corrected chi connectivity index (χ0v) is 10.7. The van der Waals surface area contributed by atoms with Crippen LogP contribution in [-0.2, 0) is 9.53 Å². The minimum absolute atomic E-state index is 0.0436. The number of hydrogen-bond donors (Lipinski definition) is 0. The van der Waals surface area contributed by atoms with E-state index in [0.29, 0.717) is 0 Å². The minimum atomic E-state index is -0.736. The van der Waals surface area contributed by atoms with Crippen LogP contribution in [0.2, 0.25) is 5.28 Å². The Kier molecular flexibility index (Phi) is 4.38. The lowest BCUT2D eigenvalue weighted by Crippen LogP contribution is -2.37. The van der Waals surface area contributed by atoms with E-state index in [4.69, 9.17) is 11.6 Å². The van der Waals surface area contributed by atoms with Crippen molar-refractivity contribution in [1.82, 2.24) is 9.97 Å². The normalized spacial score (nSPS) is 11.8. The summed E-state index contributed by atoms with van der Waals surface area (Å²) in [6.07, 6.45) is 0.991. The maximum absolute atomic E-state index is 11.4. The highest BCUT2D eigenvalue weighted by atomic mass is 35.5. The van der Waals surface area contributed by atoms with Crippen molar-refractivity contribution in [3.8, 4) is 0 Å². The lowest BCUT2D eigenvalue weighted by molar-refractivity contribution is -0.384. The fraction of sp³-hybridized carbons (Fsp3) is 0.444. The first-order chi connectivity index (χ1) is 8.38. The van der Waals surface area contributed by atoms with Crippen molar-refractivity contribution in [3.63, 3.8) is 0 Å². The Bertz CT molecular complexity index is 482. The second-order valence-electron chi connectivity index (χ2n) is 3.42. The van der Waals surface area contributed by atoms with E-state index in [1.807, 2.05) is 0 Å². The van der Waals surface area contributed by atoms with Crippen LogP contribution in [0.3, 0.4) is 0 Å². The Morgan fingerprint density at radius 3 is 2.78 bits per heavy atom. The molecule has 0 aromatic carbocycles. The molecule has 0 amide bonds. The molecule has 1 aromatic heterocycles. The number of hydrogen-bond acceptors (Lipinski definition) is 7. The van der Waals surface area contributed by atoms with Crippen molar-refractivity contribution < 1.29 is 14.5 Å². The van der Waals surface area contributed by atoms with Crippen LogP contribution in [0.5, 0.6) is 0 Å². The van der Waals surface area contributed by atoms with Crippen molar-refractivity contribution in [2.45, 2.75) is 13.0 Å². The number of esters is 1. The van der Waals surface area contributed by atoms with Gasteiger partial charge in [0, 0.05) is 7.05 Å². The highest BCUT2D eigenvalue weighted by Gasteiger charge is 2.27. The topological polar surface area (TPSA) is 98.5 Å². The van der Waals surface area contributed by atoms with Crippen molar-refractivity contribution in [1.29, 1.82) is 0 Å². The highest BCUT2D eigenvalue weighted by Crippen LogP contribution is 2.26. The van der Waals surface area contributed by atoms with E-state index in [0.717, 1.165) is 6.20 Å². The number of anilines is 1. The molecule has 0 aliphatic carbocycles. The molecule has 0 N–H and O–H groups in total. The third-order valence-electron chi connectivity index (χ3n) is 2.37. The molecule has 0 radical (unpaired) electrons. The summed E-state index contributed by atoms with van der Waals surface area (Å²) in [7, 11) is 2.71. The zero-order valence-electron chi connectivity index (χ0n) is 9.95.